The summed E-state index contributed by atoms with van der Waals surface area (Å²) >= 11 is 0. The van der Waals surface area contributed by atoms with Gasteiger partial charge in [0.2, 0.25) is 0 Å². The molecule has 0 fully saturated rings. The molecule has 0 amide bonds. The Labute approximate surface area is 93.8 Å². The molecule has 1 unspecified atom stereocenters. The number of nitrogens with zero attached hydrogens (tertiary/aromatic N) is 2. The van der Waals surface area contributed by atoms with Crippen molar-refractivity contribution in [3.63, 3.8) is 0 Å². The van der Waals surface area contributed by atoms with E-state index >= 15 is 0 Å². The predicted octanol–water partition coefficient (Wildman–Crippen LogP) is 3.18. The highest BCUT2D eigenvalue weighted by molar-refractivity contribution is 5.53. The molecule has 16 heavy (non-hydrogen) atoms. The largest absolute Gasteiger partial charge is 0.494 e. The number of hydrogen-bond acceptors (Lipinski definition) is 5. The third kappa shape index (κ3) is 3.12. The fourth-order valence-corrected chi connectivity index (χ4v) is 1.39. The lowest BCUT2D eigenvalue weighted by atomic mass is 10.1. The summed E-state index contributed by atoms with van der Waals surface area (Å²) in [6.45, 7) is 1.76. The highest BCUT2D eigenvalue weighted by atomic mass is 16.5. The van der Waals surface area contributed by atoms with Gasteiger partial charge in [-0.05, 0) is 42.6 Å². The van der Waals surface area contributed by atoms with Gasteiger partial charge in [0.15, 0.2) is 0 Å². The Morgan fingerprint density at radius 3 is 2.69 bits per heavy atom. The van der Waals surface area contributed by atoms with Gasteiger partial charge in [-0.3, -0.25) is 0 Å². The summed E-state index contributed by atoms with van der Waals surface area (Å²) in [5.74, 6) is 0.459. The lowest BCUT2D eigenvalue weighted by Crippen LogP contribution is -1.99. The van der Waals surface area contributed by atoms with E-state index in [-0.39, 0.29) is 11.7 Å². The summed E-state index contributed by atoms with van der Waals surface area (Å²) in [6, 6.07) is 5.01. The van der Waals surface area contributed by atoms with E-state index in [1.54, 1.807) is 19.1 Å². The number of methoxy groups -OCH3 is 1. The van der Waals surface area contributed by atoms with E-state index in [9.17, 15) is 9.81 Å². The van der Waals surface area contributed by atoms with Gasteiger partial charge in [-0.2, -0.15) is 4.91 Å². The average molecular weight is 222 g/mol. The van der Waals surface area contributed by atoms with Crippen LogP contribution >= 0.6 is 0 Å². The Morgan fingerprint density at radius 2 is 2.12 bits per heavy atom. The van der Waals surface area contributed by atoms with Crippen molar-refractivity contribution >= 4 is 5.69 Å². The summed E-state index contributed by atoms with van der Waals surface area (Å²) in [5.41, 5.74) is 1.23. The van der Waals surface area contributed by atoms with Gasteiger partial charge in [0.05, 0.1) is 13.2 Å². The number of ether oxygens (including phenoxy) is 1. The normalized spacial score (nSPS) is 11.9. The molecule has 0 spiro atoms. The third-order valence-electron chi connectivity index (χ3n) is 2.37. The smallest absolute Gasteiger partial charge is 0.150 e. The average Bonchev–Trinajstić information content (AvgIpc) is 2.35. The van der Waals surface area contributed by atoms with Gasteiger partial charge in [0, 0.05) is 0 Å². The predicted molar refractivity (Wildman–Crippen MR) is 62.0 cm³/mol. The summed E-state index contributed by atoms with van der Waals surface area (Å²) < 4.78 is 4.98. The van der Waals surface area contributed by atoms with Crippen LogP contribution in [0.5, 0.6) is 5.75 Å². The van der Waals surface area contributed by atoms with E-state index < -0.39 is 0 Å². The molecule has 0 radical (unpaired) electrons. The molecule has 1 aromatic carbocycles. The molecule has 1 atom stereocenters. The van der Waals surface area contributed by atoms with Crippen molar-refractivity contribution in [3.8, 4) is 5.75 Å². The van der Waals surface area contributed by atoms with Crippen molar-refractivity contribution in [2.75, 3.05) is 7.11 Å². The Bertz CT molecular complexity index is 379. The zero-order chi connectivity index (χ0) is 12.0. The molecule has 5 nitrogen and oxygen atoms in total. The molecule has 0 N–H and O–H groups in total. The van der Waals surface area contributed by atoms with Gasteiger partial charge in [0.25, 0.3) is 0 Å². The lowest BCUT2D eigenvalue weighted by molar-refractivity contribution is 0.416. The summed E-state index contributed by atoms with van der Waals surface area (Å²) in [6.07, 6.45) is 1.35. The van der Waals surface area contributed by atoms with Crippen LogP contribution in [0.25, 0.3) is 0 Å². The zero-order valence-electron chi connectivity index (χ0n) is 9.34. The van der Waals surface area contributed by atoms with Crippen molar-refractivity contribution in [1.29, 1.82) is 0 Å². The van der Waals surface area contributed by atoms with Gasteiger partial charge >= 0.3 is 0 Å². The monoisotopic (exact) mass is 222 g/mol. The highest BCUT2D eigenvalue weighted by Crippen LogP contribution is 2.28. The maximum absolute atomic E-state index is 10.5. The highest BCUT2D eigenvalue weighted by Gasteiger charge is 2.06. The number of benzene rings is 1. The van der Waals surface area contributed by atoms with Crippen LogP contribution in [-0.2, 0) is 6.42 Å². The fraction of sp³-hybridized carbons (Fsp3) is 0.455. The van der Waals surface area contributed by atoms with Crippen molar-refractivity contribution in [3.05, 3.63) is 33.6 Å². The molecule has 0 aliphatic heterocycles. The Morgan fingerprint density at radius 1 is 1.38 bits per heavy atom. The quantitative estimate of drug-likeness (QED) is 0.694. The van der Waals surface area contributed by atoms with Crippen LogP contribution in [0.2, 0.25) is 0 Å². The maximum Gasteiger partial charge on any atom is 0.150 e. The fourth-order valence-electron chi connectivity index (χ4n) is 1.39. The number of hydrogen-bond donors (Lipinski definition) is 0. The molecule has 1 aromatic rings. The second kappa shape index (κ2) is 5.95. The number of rotatable bonds is 6. The number of nitroso groups, excluding NO2 is 2. The van der Waals surface area contributed by atoms with E-state index in [0.717, 1.165) is 5.56 Å². The molecule has 0 saturated carbocycles. The van der Waals surface area contributed by atoms with Crippen molar-refractivity contribution in [2.45, 2.75) is 25.8 Å². The molecule has 0 aromatic heterocycles. The van der Waals surface area contributed by atoms with E-state index in [1.807, 2.05) is 6.07 Å². The molecular weight excluding hydrogens is 208 g/mol. The zero-order valence-corrected chi connectivity index (χ0v) is 9.34. The molecular formula is C11H14N2O3. The van der Waals surface area contributed by atoms with Crippen LogP contribution in [0.3, 0.4) is 0 Å². The minimum absolute atomic E-state index is 0.213. The van der Waals surface area contributed by atoms with Crippen LogP contribution in [0.1, 0.15) is 18.9 Å². The summed E-state index contributed by atoms with van der Waals surface area (Å²) in [4.78, 5) is 20.7. The van der Waals surface area contributed by atoms with Crippen LogP contribution in [0, 0.1) is 9.81 Å². The Balaban J connectivity index is 2.75. The second-order valence-corrected chi connectivity index (χ2v) is 3.59. The second-order valence-electron chi connectivity index (χ2n) is 3.59. The molecule has 5 heteroatoms. The summed E-state index contributed by atoms with van der Waals surface area (Å²) in [7, 11) is 1.49. The molecule has 0 saturated heterocycles. The molecule has 0 bridgehead atoms. The maximum atomic E-state index is 10.5. The molecule has 0 aliphatic rings. The van der Waals surface area contributed by atoms with E-state index in [4.69, 9.17) is 4.74 Å². The van der Waals surface area contributed by atoms with Gasteiger partial charge < -0.3 is 4.74 Å². The molecule has 0 aliphatic carbocycles. The van der Waals surface area contributed by atoms with Crippen molar-refractivity contribution < 1.29 is 4.74 Å². The van der Waals surface area contributed by atoms with Crippen LogP contribution < -0.4 is 4.74 Å². The first kappa shape index (κ1) is 12.3. The lowest BCUT2D eigenvalue weighted by Gasteiger charge is -2.06. The van der Waals surface area contributed by atoms with Crippen molar-refractivity contribution in [1.82, 2.24) is 0 Å². The third-order valence-corrected chi connectivity index (χ3v) is 2.37. The number of aryl methyl sites for hydroxylation is 1. The van der Waals surface area contributed by atoms with Crippen LogP contribution in [0.15, 0.2) is 28.6 Å². The Kier molecular flexibility index (Phi) is 4.57. The minimum atomic E-state index is -0.213. The van der Waals surface area contributed by atoms with Crippen LogP contribution in [-0.4, -0.2) is 13.2 Å². The van der Waals surface area contributed by atoms with Crippen LogP contribution in [0.4, 0.5) is 5.69 Å². The first-order chi connectivity index (χ1) is 7.71. The van der Waals surface area contributed by atoms with Crippen molar-refractivity contribution in [2.24, 2.45) is 10.4 Å². The van der Waals surface area contributed by atoms with Gasteiger partial charge in [-0.15, -0.1) is 4.91 Å². The van der Waals surface area contributed by atoms with E-state index in [2.05, 4.69) is 10.4 Å². The SMILES string of the molecule is COc1ccc(CCC(C)N=O)cc1N=O. The minimum Gasteiger partial charge on any atom is -0.494 e. The molecule has 0 heterocycles. The van der Waals surface area contributed by atoms with Gasteiger partial charge in [0.1, 0.15) is 11.4 Å². The van der Waals surface area contributed by atoms with Gasteiger partial charge in [-0.25, -0.2) is 0 Å². The topological polar surface area (TPSA) is 68.1 Å². The Hall–Kier alpha value is -1.78. The van der Waals surface area contributed by atoms with Gasteiger partial charge in [-0.1, -0.05) is 11.2 Å². The standard InChI is InChI=1S/C11H14N2O3/c1-8(12-14)3-4-9-5-6-11(16-2)10(7-9)13-15/h5-8H,3-4H2,1-2H3. The first-order valence-corrected chi connectivity index (χ1v) is 5.04. The van der Waals surface area contributed by atoms with E-state index in [0.29, 0.717) is 18.6 Å². The molecule has 1 rings (SSSR count). The van der Waals surface area contributed by atoms with E-state index in [1.165, 1.54) is 7.11 Å². The molecule has 86 valence electrons. The summed E-state index contributed by atoms with van der Waals surface area (Å²) in [5, 5.41) is 5.81. The first-order valence-electron chi connectivity index (χ1n) is 5.04.